The highest BCUT2D eigenvalue weighted by Crippen LogP contribution is 2.42. The summed E-state index contributed by atoms with van der Waals surface area (Å²) in [5.74, 6) is -1.84. The van der Waals surface area contributed by atoms with Gasteiger partial charge >= 0.3 is 0 Å². The van der Waals surface area contributed by atoms with Gasteiger partial charge in [-0.1, -0.05) is 12.1 Å². The van der Waals surface area contributed by atoms with E-state index in [9.17, 15) is 22.8 Å². The monoisotopic (exact) mass is 490 g/mol. The van der Waals surface area contributed by atoms with E-state index in [1.54, 1.807) is 47.3 Å². The van der Waals surface area contributed by atoms with Crippen LogP contribution < -0.4 is 10.2 Å². The van der Waals surface area contributed by atoms with Crippen molar-refractivity contribution >= 4 is 28.4 Å². The number of fused-ring (bicyclic) bond motifs is 1. The Morgan fingerprint density at radius 1 is 0.972 bits per heavy atom. The molecular weight excluding hydrogens is 469 g/mol. The summed E-state index contributed by atoms with van der Waals surface area (Å²) < 4.78 is 43.6. The van der Waals surface area contributed by atoms with Crippen molar-refractivity contribution in [2.75, 3.05) is 4.90 Å². The lowest BCUT2D eigenvalue weighted by molar-refractivity contribution is -0.128. The zero-order valence-corrected chi connectivity index (χ0v) is 19.0. The molecule has 182 valence electrons. The minimum absolute atomic E-state index is 0.0458. The lowest BCUT2D eigenvalue weighted by Gasteiger charge is -2.29. The van der Waals surface area contributed by atoms with Gasteiger partial charge in [-0.05, 0) is 73.0 Å². The van der Waals surface area contributed by atoms with Gasteiger partial charge in [-0.3, -0.25) is 9.59 Å². The Balaban J connectivity index is 1.39. The molecule has 2 aliphatic rings. The van der Waals surface area contributed by atoms with Crippen LogP contribution in [0.5, 0.6) is 0 Å². The van der Waals surface area contributed by atoms with Gasteiger partial charge in [0.15, 0.2) is 5.67 Å². The molecule has 1 saturated carbocycles. The third-order valence-corrected chi connectivity index (χ3v) is 6.83. The second-order valence-electron chi connectivity index (χ2n) is 9.29. The smallest absolute Gasteiger partial charge is 0.257 e. The van der Waals surface area contributed by atoms with Crippen molar-refractivity contribution in [3.63, 3.8) is 0 Å². The quantitative estimate of drug-likeness (QED) is 0.438. The molecule has 0 radical (unpaired) electrons. The minimum Gasteiger partial charge on any atom is -0.348 e. The number of hydrogen-bond donors (Lipinski definition) is 1. The van der Waals surface area contributed by atoms with Gasteiger partial charge in [0, 0.05) is 17.5 Å². The number of anilines is 1. The second-order valence-corrected chi connectivity index (χ2v) is 9.29. The highest BCUT2D eigenvalue weighted by atomic mass is 19.1. The Morgan fingerprint density at radius 2 is 1.72 bits per heavy atom. The molecule has 1 aromatic heterocycles. The predicted molar refractivity (Wildman–Crippen MR) is 127 cm³/mol. The van der Waals surface area contributed by atoms with Gasteiger partial charge in [-0.2, -0.15) is 5.10 Å². The molecule has 2 atom stereocenters. The Labute approximate surface area is 204 Å². The van der Waals surface area contributed by atoms with Crippen LogP contribution in [0.15, 0.2) is 72.9 Å². The second kappa shape index (κ2) is 8.22. The fraction of sp³-hybridized carbons (Fsp3) is 0.222. The standard InChI is InChI=1S/C27H21F3N4O2/c28-18-4-6-20(7-5-18)34-23-9-8-21(13-17(23)15-31-34)33-24(35)14-22(32-26(36)27(30)10-11-27)25(33)16-2-1-3-19(29)12-16/h1-9,12-13,15,22,25H,10-11,14H2,(H,32,36). The molecule has 0 bridgehead atoms. The first-order chi connectivity index (χ1) is 17.3. The molecule has 9 heteroatoms. The van der Waals surface area contributed by atoms with Gasteiger partial charge in [0.05, 0.1) is 29.5 Å². The highest BCUT2D eigenvalue weighted by molar-refractivity contribution is 6.00. The molecule has 1 aliphatic carbocycles. The molecule has 36 heavy (non-hydrogen) atoms. The lowest BCUT2D eigenvalue weighted by atomic mass is 9.99. The van der Waals surface area contributed by atoms with Gasteiger partial charge < -0.3 is 10.2 Å². The van der Waals surface area contributed by atoms with Gasteiger partial charge in [0.1, 0.15) is 11.6 Å². The van der Waals surface area contributed by atoms with Crippen LogP contribution in [0.1, 0.15) is 30.9 Å². The molecule has 1 aliphatic heterocycles. The first-order valence-electron chi connectivity index (χ1n) is 11.6. The molecule has 3 aromatic carbocycles. The number of halogens is 3. The third-order valence-electron chi connectivity index (χ3n) is 6.83. The Hall–Kier alpha value is -4.14. The molecule has 4 aromatic rings. The van der Waals surface area contributed by atoms with Crippen LogP contribution in [0.25, 0.3) is 16.6 Å². The SMILES string of the molecule is O=C1CC(NC(=O)C2(F)CC2)C(c2cccc(F)c2)N1c1ccc2c(cnn2-c2ccc(F)cc2)c1. The van der Waals surface area contributed by atoms with Crippen LogP contribution in [0, 0.1) is 11.6 Å². The van der Waals surface area contributed by atoms with Crippen LogP contribution in [-0.2, 0) is 9.59 Å². The van der Waals surface area contributed by atoms with E-state index in [4.69, 9.17) is 0 Å². The van der Waals surface area contributed by atoms with Crippen molar-refractivity contribution < 1.29 is 22.8 Å². The van der Waals surface area contributed by atoms with E-state index in [-0.39, 0.29) is 31.0 Å². The van der Waals surface area contributed by atoms with E-state index in [2.05, 4.69) is 10.4 Å². The van der Waals surface area contributed by atoms with Crippen LogP contribution in [0.4, 0.5) is 18.9 Å². The first-order valence-corrected chi connectivity index (χ1v) is 11.6. The van der Waals surface area contributed by atoms with Gasteiger partial charge in [-0.15, -0.1) is 0 Å². The van der Waals surface area contributed by atoms with Crippen LogP contribution in [-0.4, -0.2) is 33.3 Å². The number of benzene rings is 3. The number of nitrogens with zero attached hydrogens (tertiary/aromatic N) is 3. The van der Waals surface area contributed by atoms with Crippen molar-refractivity contribution in [3.8, 4) is 5.69 Å². The van der Waals surface area contributed by atoms with E-state index in [0.717, 1.165) is 10.9 Å². The summed E-state index contributed by atoms with van der Waals surface area (Å²) in [5, 5.41) is 7.83. The van der Waals surface area contributed by atoms with Crippen LogP contribution >= 0.6 is 0 Å². The Morgan fingerprint density at radius 3 is 2.44 bits per heavy atom. The topological polar surface area (TPSA) is 67.2 Å². The van der Waals surface area contributed by atoms with E-state index in [1.165, 1.54) is 35.2 Å². The molecular formula is C27H21F3N4O2. The predicted octanol–water partition coefficient (Wildman–Crippen LogP) is 4.77. The molecule has 1 N–H and O–H groups in total. The lowest BCUT2D eigenvalue weighted by Crippen LogP contribution is -2.44. The van der Waals surface area contributed by atoms with E-state index in [1.807, 2.05) is 0 Å². The van der Waals surface area contributed by atoms with Crippen molar-refractivity contribution in [2.45, 2.75) is 37.0 Å². The fourth-order valence-electron chi connectivity index (χ4n) is 4.83. The maximum absolute atomic E-state index is 14.4. The van der Waals surface area contributed by atoms with Gasteiger partial charge in [0.25, 0.3) is 5.91 Å². The number of nitrogens with one attached hydrogen (secondary N) is 1. The number of alkyl halides is 1. The zero-order chi connectivity index (χ0) is 25.0. The summed E-state index contributed by atoms with van der Waals surface area (Å²) in [5.41, 5.74) is 0.571. The molecule has 6 rings (SSSR count). The number of rotatable bonds is 5. The highest BCUT2D eigenvalue weighted by Gasteiger charge is 2.53. The fourth-order valence-corrected chi connectivity index (χ4v) is 4.83. The molecule has 2 fully saturated rings. The molecule has 1 saturated heterocycles. The number of hydrogen-bond acceptors (Lipinski definition) is 3. The van der Waals surface area contributed by atoms with Crippen LogP contribution in [0.3, 0.4) is 0 Å². The molecule has 0 spiro atoms. The molecule has 6 nitrogen and oxygen atoms in total. The van der Waals surface area contributed by atoms with E-state index < -0.39 is 29.5 Å². The largest absolute Gasteiger partial charge is 0.348 e. The maximum Gasteiger partial charge on any atom is 0.257 e. The Bertz CT molecular complexity index is 1500. The van der Waals surface area contributed by atoms with Crippen molar-refractivity contribution in [1.29, 1.82) is 0 Å². The average molecular weight is 490 g/mol. The maximum atomic E-state index is 14.4. The summed E-state index contributed by atoms with van der Waals surface area (Å²) in [6.07, 6.45) is 1.90. The first kappa shape index (κ1) is 22.3. The van der Waals surface area contributed by atoms with Gasteiger partial charge in [-0.25, -0.2) is 17.9 Å². The normalized spacial score (nSPS) is 20.6. The number of carbonyl (C=O) groups is 2. The number of aromatic nitrogens is 2. The molecule has 2 unspecified atom stereocenters. The molecule has 2 heterocycles. The number of carbonyl (C=O) groups excluding carboxylic acids is 2. The summed E-state index contributed by atoms with van der Waals surface area (Å²) >= 11 is 0. The van der Waals surface area contributed by atoms with Gasteiger partial charge in [0.2, 0.25) is 5.91 Å². The van der Waals surface area contributed by atoms with E-state index >= 15 is 0 Å². The molecule has 2 amide bonds. The van der Waals surface area contributed by atoms with Crippen molar-refractivity contribution in [3.05, 3.63) is 90.1 Å². The van der Waals surface area contributed by atoms with E-state index in [0.29, 0.717) is 16.9 Å². The van der Waals surface area contributed by atoms with Crippen molar-refractivity contribution in [1.82, 2.24) is 15.1 Å². The zero-order valence-electron chi connectivity index (χ0n) is 19.0. The summed E-state index contributed by atoms with van der Waals surface area (Å²) in [7, 11) is 0. The minimum atomic E-state index is -1.89. The summed E-state index contributed by atoms with van der Waals surface area (Å²) in [4.78, 5) is 27.2. The Kier molecular flexibility index (Phi) is 5.10. The van der Waals surface area contributed by atoms with Crippen LogP contribution in [0.2, 0.25) is 0 Å². The average Bonchev–Trinajstić information content (AvgIpc) is 3.35. The number of amides is 2. The van der Waals surface area contributed by atoms with Crippen molar-refractivity contribution in [2.24, 2.45) is 0 Å². The third kappa shape index (κ3) is 3.80. The summed E-state index contributed by atoms with van der Waals surface area (Å²) in [6.45, 7) is 0. The summed E-state index contributed by atoms with van der Waals surface area (Å²) in [6, 6.07) is 15.7.